The molecule has 0 aliphatic carbocycles. The molecule has 3 aromatic carbocycles. The minimum absolute atomic E-state index is 0.0426. The van der Waals surface area contributed by atoms with Gasteiger partial charge in [-0.25, -0.2) is 0 Å². The number of hydrogen-bond acceptors (Lipinski definition) is 5. The molecule has 0 aliphatic rings. The van der Waals surface area contributed by atoms with Crippen LogP contribution in [0, 0.1) is 10.1 Å². The monoisotopic (exact) mass is 412 g/mol. The van der Waals surface area contributed by atoms with Gasteiger partial charge in [-0.05, 0) is 42.0 Å². The van der Waals surface area contributed by atoms with Crippen molar-refractivity contribution in [3.05, 3.63) is 99.1 Å². The van der Waals surface area contributed by atoms with Gasteiger partial charge in [0.25, 0.3) is 5.91 Å². The van der Waals surface area contributed by atoms with Gasteiger partial charge in [0.2, 0.25) is 5.75 Å². The molecule has 29 heavy (non-hydrogen) atoms. The molecule has 0 aliphatic heterocycles. The zero-order valence-electron chi connectivity index (χ0n) is 15.1. The molecular formula is C21H17ClN2O5. The number of amides is 1. The van der Waals surface area contributed by atoms with Crippen LogP contribution in [0.5, 0.6) is 11.5 Å². The van der Waals surface area contributed by atoms with Gasteiger partial charge < -0.3 is 15.2 Å². The van der Waals surface area contributed by atoms with Crippen molar-refractivity contribution < 1.29 is 19.6 Å². The Bertz CT molecular complexity index is 1010. The molecule has 3 rings (SSSR count). The molecule has 0 unspecified atom stereocenters. The molecule has 148 valence electrons. The summed E-state index contributed by atoms with van der Waals surface area (Å²) >= 11 is 5.79. The third-order valence-electron chi connectivity index (χ3n) is 4.15. The molecule has 0 fully saturated rings. The number of benzene rings is 3. The van der Waals surface area contributed by atoms with Crippen LogP contribution in [-0.2, 0) is 0 Å². The van der Waals surface area contributed by atoms with E-state index in [4.69, 9.17) is 16.3 Å². The number of nitrogens with zero attached hydrogens (tertiary/aromatic N) is 1. The van der Waals surface area contributed by atoms with Gasteiger partial charge in [0.05, 0.1) is 17.6 Å². The van der Waals surface area contributed by atoms with E-state index in [1.807, 2.05) is 30.3 Å². The van der Waals surface area contributed by atoms with Crippen molar-refractivity contribution in [2.45, 2.75) is 6.04 Å². The molecule has 8 heteroatoms. The van der Waals surface area contributed by atoms with Crippen LogP contribution in [0.2, 0.25) is 5.02 Å². The van der Waals surface area contributed by atoms with Crippen molar-refractivity contribution in [3.63, 3.8) is 0 Å². The Morgan fingerprint density at radius 2 is 1.79 bits per heavy atom. The van der Waals surface area contributed by atoms with E-state index < -0.39 is 11.0 Å². The van der Waals surface area contributed by atoms with Gasteiger partial charge in [0.1, 0.15) is 5.75 Å². The van der Waals surface area contributed by atoms with Gasteiger partial charge in [0, 0.05) is 16.7 Å². The van der Waals surface area contributed by atoms with Crippen molar-refractivity contribution in [1.29, 1.82) is 0 Å². The number of nitro benzene ring substituents is 1. The summed E-state index contributed by atoms with van der Waals surface area (Å²) in [5.74, 6) is 0.00619. The average molecular weight is 413 g/mol. The Kier molecular flexibility index (Phi) is 6.43. The minimum Gasteiger partial charge on any atom is -0.450 e. The average Bonchev–Trinajstić information content (AvgIpc) is 2.74. The summed E-state index contributed by atoms with van der Waals surface area (Å²) in [4.78, 5) is 23.0. The number of hydrogen-bond donors (Lipinski definition) is 2. The van der Waals surface area contributed by atoms with Gasteiger partial charge in [-0.2, -0.15) is 0 Å². The first kappa shape index (κ1) is 20.3. The Balaban J connectivity index is 1.72. The van der Waals surface area contributed by atoms with E-state index in [1.54, 1.807) is 0 Å². The predicted octanol–water partition coefficient (Wildman–Crippen LogP) is 4.50. The summed E-state index contributed by atoms with van der Waals surface area (Å²) in [6, 6.07) is 18.8. The zero-order chi connectivity index (χ0) is 20.8. The number of nitro groups is 1. The highest BCUT2D eigenvalue weighted by molar-refractivity contribution is 6.30. The lowest BCUT2D eigenvalue weighted by atomic mass is 10.1. The number of nitrogens with one attached hydrogen (secondary N) is 1. The van der Waals surface area contributed by atoms with E-state index in [2.05, 4.69) is 5.32 Å². The van der Waals surface area contributed by atoms with Gasteiger partial charge >= 0.3 is 5.69 Å². The molecular weight excluding hydrogens is 396 g/mol. The summed E-state index contributed by atoms with van der Waals surface area (Å²) in [7, 11) is 0. The van der Waals surface area contributed by atoms with E-state index in [-0.39, 0.29) is 29.0 Å². The van der Waals surface area contributed by atoms with Crippen LogP contribution in [0.25, 0.3) is 0 Å². The molecule has 0 saturated heterocycles. The van der Waals surface area contributed by atoms with Crippen molar-refractivity contribution in [1.82, 2.24) is 5.32 Å². The number of rotatable bonds is 7. The van der Waals surface area contributed by atoms with E-state index in [1.165, 1.54) is 42.5 Å². The molecule has 0 heterocycles. The second kappa shape index (κ2) is 9.18. The SMILES string of the molecule is O=C(N[C@@H](CO)c1ccccc1)c1ccc(Oc2ccc(Cl)cc2[N+](=O)[O-])cc1. The van der Waals surface area contributed by atoms with Crippen LogP contribution in [0.4, 0.5) is 5.69 Å². The van der Waals surface area contributed by atoms with Crippen molar-refractivity contribution in [2.75, 3.05) is 6.61 Å². The molecule has 2 N–H and O–H groups in total. The quantitative estimate of drug-likeness (QED) is 0.439. The lowest BCUT2D eigenvalue weighted by Crippen LogP contribution is -2.30. The lowest BCUT2D eigenvalue weighted by molar-refractivity contribution is -0.385. The smallest absolute Gasteiger partial charge is 0.313 e. The minimum atomic E-state index is -0.582. The highest BCUT2D eigenvalue weighted by Gasteiger charge is 2.18. The van der Waals surface area contributed by atoms with Crippen LogP contribution in [-0.4, -0.2) is 22.5 Å². The van der Waals surface area contributed by atoms with Crippen LogP contribution in [0.1, 0.15) is 22.0 Å². The first-order valence-corrected chi connectivity index (χ1v) is 9.04. The molecule has 3 aromatic rings. The summed E-state index contributed by atoms with van der Waals surface area (Å²) in [5, 5.41) is 23.7. The highest BCUT2D eigenvalue weighted by atomic mass is 35.5. The van der Waals surface area contributed by atoms with Gasteiger partial charge in [-0.1, -0.05) is 41.9 Å². The van der Waals surface area contributed by atoms with Crippen molar-refractivity contribution in [2.24, 2.45) is 0 Å². The third kappa shape index (κ3) is 5.10. The molecule has 0 spiro atoms. The van der Waals surface area contributed by atoms with E-state index >= 15 is 0 Å². The fourth-order valence-electron chi connectivity index (χ4n) is 2.68. The van der Waals surface area contributed by atoms with Crippen LogP contribution >= 0.6 is 11.6 Å². The third-order valence-corrected chi connectivity index (χ3v) is 4.39. The van der Waals surface area contributed by atoms with Crippen molar-refractivity contribution >= 4 is 23.2 Å². The summed E-state index contributed by atoms with van der Waals surface area (Å²) in [6.45, 7) is -0.239. The Morgan fingerprint density at radius 1 is 1.10 bits per heavy atom. The zero-order valence-corrected chi connectivity index (χ0v) is 15.9. The highest BCUT2D eigenvalue weighted by Crippen LogP contribution is 2.33. The fraction of sp³-hybridized carbons (Fsp3) is 0.0952. The predicted molar refractivity (Wildman–Crippen MR) is 108 cm³/mol. The lowest BCUT2D eigenvalue weighted by Gasteiger charge is -2.17. The van der Waals surface area contributed by atoms with Gasteiger partial charge in [0.15, 0.2) is 0 Å². The topological polar surface area (TPSA) is 102 Å². The second-order valence-electron chi connectivity index (χ2n) is 6.11. The number of carbonyl (C=O) groups excluding carboxylic acids is 1. The second-order valence-corrected chi connectivity index (χ2v) is 6.55. The first-order valence-electron chi connectivity index (χ1n) is 8.66. The van der Waals surface area contributed by atoms with E-state index in [0.717, 1.165) is 5.56 Å². The Labute approximate surface area is 171 Å². The van der Waals surface area contributed by atoms with E-state index in [9.17, 15) is 20.0 Å². The number of aliphatic hydroxyl groups excluding tert-OH is 1. The molecule has 0 saturated carbocycles. The van der Waals surface area contributed by atoms with E-state index in [0.29, 0.717) is 11.3 Å². The summed E-state index contributed by atoms with van der Waals surface area (Å²) in [5.41, 5.74) is 0.892. The normalized spacial score (nSPS) is 11.5. The van der Waals surface area contributed by atoms with Gasteiger partial charge in [-0.3, -0.25) is 14.9 Å². The van der Waals surface area contributed by atoms with Crippen LogP contribution in [0.3, 0.4) is 0 Å². The molecule has 7 nitrogen and oxygen atoms in total. The fourth-order valence-corrected chi connectivity index (χ4v) is 2.85. The first-order chi connectivity index (χ1) is 14.0. The maximum atomic E-state index is 12.5. The maximum Gasteiger partial charge on any atom is 0.313 e. The van der Waals surface area contributed by atoms with Gasteiger partial charge in [-0.15, -0.1) is 0 Å². The Hall–Kier alpha value is -3.42. The number of ether oxygens (including phenoxy) is 1. The number of halogens is 1. The van der Waals surface area contributed by atoms with Crippen molar-refractivity contribution in [3.8, 4) is 11.5 Å². The standard InChI is InChI=1S/C21H17ClN2O5/c22-16-8-11-20(19(12-16)24(27)28)29-17-9-6-15(7-10-17)21(26)23-18(13-25)14-4-2-1-3-5-14/h1-12,18,25H,13H2,(H,23,26)/t18-/m0/s1. The summed E-state index contributed by atoms with van der Waals surface area (Å²) in [6.07, 6.45) is 0. The van der Waals surface area contributed by atoms with Crippen LogP contribution in [0.15, 0.2) is 72.8 Å². The molecule has 1 amide bonds. The Morgan fingerprint density at radius 3 is 2.41 bits per heavy atom. The summed E-state index contributed by atoms with van der Waals surface area (Å²) < 4.78 is 5.56. The number of aliphatic hydroxyl groups is 1. The number of carbonyl (C=O) groups is 1. The molecule has 0 aromatic heterocycles. The molecule has 1 atom stereocenters. The molecule has 0 bridgehead atoms. The maximum absolute atomic E-state index is 12.5. The largest absolute Gasteiger partial charge is 0.450 e. The molecule has 0 radical (unpaired) electrons. The van der Waals surface area contributed by atoms with Crippen LogP contribution < -0.4 is 10.1 Å².